The minimum Gasteiger partial charge on any atom is -0.353 e. The number of carbonyl (C=O) groups is 1. The predicted molar refractivity (Wildman–Crippen MR) is 121 cm³/mol. The lowest BCUT2D eigenvalue weighted by Gasteiger charge is -2.36. The van der Waals surface area contributed by atoms with E-state index in [-0.39, 0.29) is 11.6 Å². The van der Waals surface area contributed by atoms with E-state index in [0.29, 0.717) is 16.9 Å². The van der Waals surface area contributed by atoms with Gasteiger partial charge in [0.05, 0.1) is 16.1 Å². The van der Waals surface area contributed by atoms with Crippen LogP contribution in [-0.2, 0) is 12.8 Å². The molecule has 0 radical (unpaired) electrons. The molecule has 1 aliphatic carbocycles. The van der Waals surface area contributed by atoms with Crippen molar-refractivity contribution in [3.8, 4) is 0 Å². The van der Waals surface area contributed by atoms with Crippen LogP contribution >= 0.6 is 11.3 Å². The molecule has 0 fully saturated rings. The van der Waals surface area contributed by atoms with Crippen LogP contribution in [0, 0.1) is 21.4 Å². The van der Waals surface area contributed by atoms with Crippen LogP contribution in [0.5, 0.6) is 0 Å². The van der Waals surface area contributed by atoms with Crippen molar-refractivity contribution in [1.29, 1.82) is 0 Å². The van der Waals surface area contributed by atoms with Crippen molar-refractivity contribution in [3.05, 3.63) is 62.0 Å². The van der Waals surface area contributed by atoms with Gasteiger partial charge in [0.25, 0.3) is 11.6 Å². The average molecular weight is 426 g/mol. The van der Waals surface area contributed by atoms with Gasteiger partial charge in [0, 0.05) is 10.9 Å². The zero-order valence-corrected chi connectivity index (χ0v) is 18.3. The Morgan fingerprint density at radius 3 is 2.80 bits per heavy atom. The number of thiophene rings is 1. The highest BCUT2D eigenvalue weighted by Gasteiger charge is 2.36. The van der Waals surface area contributed by atoms with Gasteiger partial charge >= 0.3 is 0 Å². The highest BCUT2D eigenvalue weighted by Crippen LogP contribution is 2.46. The molecular weight excluding hydrogens is 398 g/mol. The molecule has 7 heteroatoms. The Morgan fingerprint density at radius 2 is 2.07 bits per heavy atom. The lowest BCUT2D eigenvalue weighted by atomic mass is 9.69. The molecule has 1 amide bonds. The first-order valence-corrected chi connectivity index (χ1v) is 11.3. The third kappa shape index (κ3) is 3.74. The predicted octanol–water partition coefficient (Wildman–Crippen LogP) is 5.39. The van der Waals surface area contributed by atoms with Gasteiger partial charge in [0.15, 0.2) is 0 Å². The van der Waals surface area contributed by atoms with Crippen molar-refractivity contribution in [1.82, 2.24) is 5.32 Å². The average Bonchev–Trinajstić information content (AvgIpc) is 3.10. The first kappa shape index (κ1) is 20.6. The van der Waals surface area contributed by atoms with Crippen molar-refractivity contribution >= 4 is 34.0 Å². The van der Waals surface area contributed by atoms with Gasteiger partial charge in [-0.2, -0.15) is 0 Å². The summed E-state index contributed by atoms with van der Waals surface area (Å²) in [5.74, 6) is 0.569. The van der Waals surface area contributed by atoms with E-state index in [1.807, 2.05) is 0 Å². The van der Waals surface area contributed by atoms with Gasteiger partial charge < -0.3 is 10.6 Å². The fraction of sp³-hybridized carbons (Fsp3) is 0.435. The fourth-order valence-corrected chi connectivity index (χ4v) is 5.73. The standard InChI is InChI=1S/C23H27N3O3S/c1-4-23(2,3)15-10-11-16-18(13-15)30-22-20(16)21(27)24-19(25-22)12-9-14-7-5-6-8-17(14)26(28)29/h5-9,12,15,19,25H,4,10-11,13H2,1-3H3,(H,24,27)/b12-9+/t15-,19-/m1/s1. The Hall–Kier alpha value is -2.67. The number of hydrogen-bond donors (Lipinski definition) is 2. The zero-order chi connectivity index (χ0) is 21.5. The molecule has 1 aromatic carbocycles. The first-order chi connectivity index (χ1) is 14.3. The molecule has 2 heterocycles. The highest BCUT2D eigenvalue weighted by atomic mass is 32.1. The summed E-state index contributed by atoms with van der Waals surface area (Å²) in [5.41, 5.74) is 2.85. The number of nitro groups is 1. The second-order valence-electron chi connectivity index (χ2n) is 8.76. The lowest BCUT2D eigenvalue weighted by molar-refractivity contribution is -0.385. The summed E-state index contributed by atoms with van der Waals surface area (Å²) >= 11 is 1.69. The number of nitro benzene ring substituents is 1. The van der Waals surface area contributed by atoms with Crippen molar-refractivity contribution in [2.45, 2.75) is 52.6 Å². The van der Waals surface area contributed by atoms with Gasteiger partial charge in [-0.3, -0.25) is 14.9 Å². The van der Waals surface area contributed by atoms with Crippen LogP contribution < -0.4 is 10.6 Å². The summed E-state index contributed by atoms with van der Waals surface area (Å²) in [7, 11) is 0. The number of anilines is 1. The van der Waals surface area contributed by atoms with E-state index in [9.17, 15) is 14.9 Å². The van der Waals surface area contributed by atoms with Crippen LogP contribution in [0.25, 0.3) is 6.08 Å². The van der Waals surface area contributed by atoms with Crippen molar-refractivity contribution in [3.63, 3.8) is 0 Å². The molecule has 0 saturated heterocycles. The normalized spacial score (nSPS) is 21.0. The molecule has 30 heavy (non-hydrogen) atoms. The Kier molecular flexibility index (Phi) is 5.40. The third-order valence-electron chi connectivity index (χ3n) is 6.68. The van der Waals surface area contributed by atoms with Gasteiger partial charge in [-0.05, 0) is 54.4 Å². The molecule has 2 aliphatic rings. The lowest BCUT2D eigenvalue weighted by Crippen LogP contribution is -2.43. The highest BCUT2D eigenvalue weighted by molar-refractivity contribution is 7.16. The van der Waals surface area contributed by atoms with Gasteiger partial charge in [0.1, 0.15) is 11.2 Å². The number of fused-ring (bicyclic) bond motifs is 3. The maximum Gasteiger partial charge on any atom is 0.276 e. The molecule has 0 saturated carbocycles. The second kappa shape index (κ2) is 7.87. The molecular formula is C23H27N3O3S. The molecule has 0 unspecified atom stereocenters. The number of amides is 1. The van der Waals surface area contributed by atoms with E-state index >= 15 is 0 Å². The Labute approximate surface area is 180 Å². The molecule has 158 valence electrons. The monoisotopic (exact) mass is 425 g/mol. The first-order valence-electron chi connectivity index (χ1n) is 10.4. The molecule has 0 bridgehead atoms. The van der Waals surface area contributed by atoms with Gasteiger partial charge in [-0.25, -0.2) is 0 Å². The topological polar surface area (TPSA) is 84.3 Å². The maximum atomic E-state index is 12.9. The minimum atomic E-state index is -0.397. The van der Waals surface area contributed by atoms with E-state index in [1.54, 1.807) is 41.7 Å². The summed E-state index contributed by atoms with van der Waals surface area (Å²) < 4.78 is 0. The minimum absolute atomic E-state index is 0.0488. The van der Waals surface area contributed by atoms with E-state index in [0.717, 1.165) is 36.2 Å². The number of benzene rings is 1. The summed E-state index contributed by atoms with van der Waals surface area (Å²) in [6.45, 7) is 6.92. The molecule has 0 spiro atoms. The van der Waals surface area contributed by atoms with Crippen LogP contribution in [0.15, 0.2) is 30.3 Å². The Balaban J connectivity index is 1.56. The smallest absolute Gasteiger partial charge is 0.276 e. The van der Waals surface area contributed by atoms with Crippen LogP contribution in [0.4, 0.5) is 10.7 Å². The van der Waals surface area contributed by atoms with Crippen molar-refractivity contribution in [2.75, 3.05) is 5.32 Å². The zero-order valence-electron chi connectivity index (χ0n) is 17.5. The van der Waals surface area contributed by atoms with E-state index < -0.39 is 11.1 Å². The van der Waals surface area contributed by atoms with E-state index in [4.69, 9.17) is 0 Å². The van der Waals surface area contributed by atoms with Crippen LogP contribution in [0.2, 0.25) is 0 Å². The third-order valence-corrected chi connectivity index (χ3v) is 7.87. The molecule has 4 rings (SSSR count). The van der Waals surface area contributed by atoms with Crippen LogP contribution in [0.3, 0.4) is 0 Å². The number of hydrogen-bond acceptors (Lipinski definition) is 5. The Bertz CT molecular complexity index is 1020. The molecule has 1 aromatic heterocycles. The van der Waals surface area contributed by atoms with Crippen molar-refractivity contribution < 1.29 is 9.72 Å². The number of rotatable bonds is 5. The molecule has 2 N–H and O–H groups in total. The molecule has 2 atom stereocenters. The number of para-hydroxylation sites is 1. The van der Waals surface area contributed by atoms with Gasteiger partial charge in [-0.1, -0.05) is 39.3 Å². The maximum absolute atomic E-state index is 12.9. The van der Waals surface area contributed by atoms with Crippen LogP contribution in [0.1, 0.15) is 60.0 Å². The van der Waals surface area contributed by atoms with Gasteiger partial charge in [-0.15, -0.1) is 11.3 Å². The molecule has 1 aliphatic heterocycles. The summed E-state index contributed by atoms with van der Waals surface area (Å²) in [4.78, 5) is 25.0. The quantitative estimate of drug-likeness (QED) is 0.497. The molecule has 2 aromatic rings. The SMILES string of the molecule is CCC(C)(C)[C@@H]1CCc2c(sc3c2C(=O)N[C@@H](/C=C/c2ccccc2[N+](=O)[O-])N3)C1. The summed E-state index contributed by atoms with van der Waals surface area (Å²) in [6, 6.07) is 6.58. The second-order valence-corrected chi connectivity index (χ2v) is 9.87. The van der Waals surface area contributed by atoms with Gasteiger partial charge in [0.2, 0.25) is 0 Å². The van der Waals surface area contributed by atoms with Crippen LogP contribution in [-0.4, -0.2) is 17.0 Å². The van der Waals surface area contributed by atoms with Crippen molar-refractivity contribution in [2.24, 2.45) is 11.3 Å². The molecule has 6 nitrogen and oxygen atoms in total. The van der Waals surface area contributed by atoms with E-state index in [1.165, 1.54) is 16.5 Å². The largest absolute Gasteiger partial charge is 0.353 e. The summed E-state index contributed by atoms with van der Waals surface area (Å²) in [5, 5.41) is 18.5. The Morgan fingerprint density at radius 1 is 1.30 bits per heavy atom. The number of carbonyl (C=O) groups excluding carboxylic acids is 1. The number of nitrogens with one attached hydrogen (secondary N) is 2. The summed E-state index contributed by atoms with van der Waals surface area (Å²) in [6.07, 6.45) is 7.30. The van der Waals surface area contributed by atoms with E-state index in [2.05, 4.69) is 31.4 Å². The fourth-order valence-electron chi connectivity index (χ4n) is 4.37. The number of nitrogens with zero attached hydrogens (tertiary/aromatic N) is 1.